The van der Waals surface area contributed by atoms with Gasteiger partial charge in [-0.3, -0.25) is 4.79 Å². The Kier molecular flexibility index (Phi) is 16.1. The van der Waals surface area contributed by atoms with E-state index in [-0.39, 0.29) is 12.5 Å². The number of methoxy groups -OCH3 is 1. The largest absolute Gasteiger partial charge is 0.494 e. The lowest BCUT2D eigenvalue weighted by atomic mass is 10.0. The minimum atomic E-state index is -0.00339. The number of nitrogens with two attached hydrogens (primary N) is 1. The summed E-state index contributed by atoms with van der Waals surface area (Å²) in [5.41, 5.74) is 10.9. The normalized spacial score (nSPS) is 11.2. The number of anilines is 2. The van der Waals surface area contributed by atoms with Crippen LogP contribution in [0.15, 0.2) is 46.0 Å². The van der Waals surface area contributed by atoms with Crippen LogP contribution in [-0.4, -0.2) is 42.7 Å². The molecule has 34 heavy (non-hydrogen) atoms. The van der Waals surface area contributed by atoms with Crippen molar-refractivity contribution in [1.29, 1.82) is 0 Å². The van der Waals surface area contributed by atoms with E-state index >= 15 is 0 Å². The number of benzene rings is 1. The van der Waals surface area contributed by atoms with Crippen LogP contribution in [0.25, 0.3) is 0 Å². The maximum Gasteiger partial charge on any atom is 0.219 e. The van der Waals surface area contributed by atoms with E-state index < -0.39 is 0 Å². The molecule has 1 rings (SSSR count). The van der Waals surface area contributed by atoms with Gasteiger partial charge in [-0.05, 0) is 66.2 Å². The lowest BCUT2D eigenvalue weighted by molar-refractivity contribution is -0.129. The predicted octanol–water partition coefficient (Wildman–Crippen LogP) is 6.31. The summed E-state index contributed by atoms with van der Waals surface area (Å²) in [6, 6.07) is 1.85. The standard InChI is InChI=1S/C15H24BrN3O3.C12H20/c1-4-6-19(10(2)21)9-11-8-12(22-3)15(18-5-7-20)14(17)13(11)16;1-6-7-12(11(4)5)9-8-10(2)3/h8,18,20H,4-7,9,17H2,1-3H3;6-9,11H,1-5H3/b;7-6-,12-9+. The van der Waals surface area contributed by atoms with Gasteiger partial charge in [-0.1, -0.05) is 50.6 Å². The Morgan fingerprint density at radius 2 is 1.94 bits per heavy atom. The third-order valence-corrected chi connectivity index (χ3v) is 5.84. The van der Waals surface area contributed by atoms with Crippen molar-refractivity contribution in [2.24, 2.45) is 5.92 Å². The van der Waals surface area contributed by atoms with E-state index in [4.69, 9.17) is 15.6 Å². The number of rotatable bonds is 11. The summed E-state index contributed by atoms with van der Waals surface area (Å²) in [6.07, 6.45) is 9.50. The number of nitrogens with zero attached hydrogens (tertiary/aromatic N) is 1. The molecule has 192 valence electrons. The molecule has 0 unspecified atom stereocenters. The topological polar surface area (TPSA) is 87.8 Å². The second kappa shape index (κ2) is 17.2. The molecule has 6 nitrogen and oxygen atoms in total. The molecule has 0 atom stereocenters. The molecular formula is C27H44BrN3O3. The van der Waals surface area contributed by atoms with E-state index in [1.54, 1.807) is 18.9 Å². The lowest BCUT2D eigenvalue weighted by Crippen LogP contribution is -2.29. The number of carbonyl (C=O) groups is 1. The fraction of sp³-hybridized carbons (Fsp3) is 0.519. The summed E-state index contributed by atoms with van der Waals surface area (Å²) in [7, 11) is 1.56. The monoisotopic (exact) mass is 537 g/mol. The van der Waals surface area contributed by atoms with Crippen molar-refractivity contribution in [3.63, 3.8) is 0 Å². The first-order valence-electron chi connectivity index (χ1n) is 11.8. The van der Waals surface area contributed by atoms with Crippen molar-refractivity contribution >= 4 is 33.2 Å². The van der Waals surface area contributed by atoms with Crippen LogP contribution in [0.5, 0.6) is 5.75 Å². The van der Waals surface area contributed by atoms with E-state index in [2.05, 4.69) is 80.2 Å². The number of aliphatic hydroxyl groups is 1. The van der Waals surface area contributed by atoms with Crippen molar-refractivity contribution in [3.8, 4) is 5.75 Å². The third kappa shape index (κ3) is 11.3. The van der Waals surface area contributed by atoms with Gasteiger partial charge in [0.15, 0.2) is 0 Å². The first kappa shape index (κ1) is 31.8. The number of hydrogen-bond donors (Lipinski definition) is 3. The van der Waals surface area contributed by atoms with Crippen LogP contribution >= 0.6 is 15.9 Å². The van der Waals surface area contributed by atoms with Crippen LogP contribution in [0.3, 0.4) is 0 Å². The van der Waals surface area contributed by atoms with E-state index in [0.717, 1.165) is 16.5 Å². The zero-order valence-electron chi connectivity index (χ0n) is 22.2. The van der Waals surface area contributed by atoms with Crippen molar-refractivity contribution < 1.29 is 14.6 Å². The van der Waals surface area contributed by atoms with E-state index in [1.165, 1.54) is 11.1 Å². The van der Waals surface area contributed by atoms with Gasteiger partial charge in [-0.2, -0.15) is 0 Å². The van der Waals surface area contributed by atoms with Crippen LogP contribution in [0.1, 0.15) is 60.5 Å². The Balaban J connectivity index is 0.000000770. The summed E-state index contributed by atoms with van der Waals surface area (Å²) < 4.78 is 6.10. The van der Waals surface area contributed by atoms with Gasteiger partial charge in [0.05, 0.1) is 19.4 Å². The fourth-order valence-corrected chi connectivity index (χ4v) is 3.51. The van der Waals surface area contributed by atoms with Gasteiger partial charge in [0, 0.05) is 31.0 Å². The average Bonchev–Trinajstić information content (AvgIpc) is 2.78. The molecule has 0 heterocycles. The molecule has 0 radical (unpaired) electrons. The highest BCUT2D eigenvalue weighted by Gasteiger charge is 2.18. The zero-order valence-corrected chi connectivity index (χ0v) is 23.8. The molecule has 0 spiro atoms. The zero-order chi connectivity index (χ0) is 26.3. The molecule has 0 saturated heterocycles. The van der Waals surface area contributed by atoms with Crippen LogP contribution in [0.2, 0.25) is 0 Å². The lowest BCUT2D eigenvalue weighted by Gasteiger charge is -2.23. The summed E-state index contributed by atoms with van der Waals surface area (Å²) in [6.45, 7) is 15.8. The molecule has 0 aliphatic rings. The SMILES string of the molecule is C/C=C\C(=C/C=C(C)C)C(C)C.CCCN(Cc1cc(OC)c(NCCO)c(N)c1Br)C(C)=O. The molecule has 7 heteroatoms. The second-order valence-corrected chi connectivity index (χ2v) is 9.29. The minimum Gasteiger partial charge on any atom is -0.494 e. The molecule has 1 aromatic rings. The van der Waals surface area contributed by atoms with E-state index in [9.17, 15) is 4.79 Å². The van der Waals surface area contributed by atoms with Crippen molar-refractivity contribution in [3.05, 3.63) is 51.6 Å². The predicted molar refractivity (Wildman–Crippen MR) is 149 cm³/mol. The number of nitrogen functional groups attached to an aromatic ring is 1. The van der Waals surface area contributed by atoms with Crippen LogP contribution in [0, 0.1) is 5.92 Å². The molecular weight excluding hydrogens is 494 g/mol. The maximum absolute atomic E-state index is 11.7. The summed E-state index contributed by atoms with van der Waals surface area (Å²) in [4.78, 5) is 13.5. The summed E-state index contributed by atoms with van der Waals surface area (Å²) in [5.74, 6) is 1.22. The van der Waals surface area contributed by atoms with Gasteiger partial charge in [-0.25, -0.2) is 0 Å². The van der Waals surface area contributed by atoms with E-state index in [0.29, 0.717) is 42.7 Å². The number of ether oxygens (including phenoxy) is 1. The minimum absolute atomic E-state index is 0.00339. The quantitative estimate of drug-likeness (QED) is 0.227. The fourth-order valence-electron chi connectivity index (χ4n) is 3.07. The number of allylic oxidation sites excluding steroid dienone is 6. The Bertz CT molecular complexity index is 857. The van der Waals surface area contributed by atoms with Gasteiger partial charge in [0.1, 0.15) is 11.4 Å². The highest BCUT2D eigenvalue weighted by atomic mass is 79.9. The van der Waals surface area contributed by atoms with Crippen LogP contribution in [0.4, 0.5) is 11.4 Å². The molecule has 1 amide bonds. The Hall–Kier alpha value is -2.25. The summed E-state index contributed by atoms with van der Waals surface area (Å²) in [5, 5.41) is 12.0. The molecule has 0 aromatic heterocycles. The van der Waals surface area contributed by atoms with E-state index in [1.807, 2.05) is 13.0 Å². The molecule has 0 fully saturated rings. The Morgan fingerprint density at radius 3 is 2.38 bits per heavy atom. The third-order valence-electron chi connectivity index (χ3n) is 4.91. The number of carbonyl (C=O) groups excluding carboxylic acids is 1. The second-order valence-electron chi connectivity index (χ2n) is 8.50. The van der Waals surface area contributed by atoms with Crippen molar-refractivity contribution in [2.45, 2.75) is 61.4 Å². The smallest absolute Gasteiger partial charge is 0.219 e. The number of halogens is 1. The van der Waals surface area contributed by atoms with Crippen LogP contribution < -0.4 is 15.8 Å². The maximum atomic E-state index is 11.7. The molecule has 0 aliphatic heterocycles. The molecule has 0 aliphatic carbocycles. The molecule has 0 bridgehead atoms. The van der Waals surface area contributed by atoms with Crippen molar-refractivity contribution in [2.75, 3.05) is 37.9 Å². The van der Waals surface area contributed by atoms with Gasteiger partial charge < -0.3 is 25.8 Å². The molecule has 4 N–H and O–H groups in total. The highest BCUT2D eigenvalue weighted by molar-refractivity contribution is 9.10. The van der Waals surface area contributed by atoms with Crippen LogP contribution in [-0.2, 0) is 11.3 Å². The van der Waals surface area contributed by atoms with Gasteiger partial charge in [0.25, 0.3) is 0 Å². The Labute approximate surface area is 215 Å². The van der Waals surface area contributed by atoms with Crippen molar-refractivity contribution in [1.82, 2.24) is 4.90 Å². The Morgan fingerprint density at radius 1 is 1.29 bits per heavy atom. The first-order valence-corrected chi connectivity index (χ1v) is 12.6. The summed E-state index contributed by atoms with van der Waals surface area (Å²) >= 11 is 3.49. The first-order chi connectivity index (χ1) is 16.0. The number of aliphatic hydroxyl groups excluding tert-OH is 1. The number of hydrogen-bond acceptors (Lipinski definition) is 5. The highest BCUT2D eigenvalue weighted by Crippen LogP contribution is 2.39. The van der Waals surface area contributed by atoms with Gasteiger partial charge in [0.2, 0.25) is 5.91 Å². The molecule has 1 aromatic carbocycles. The number of amides is 1. The average molecular weight is 539 g/mol. The number of nitrogens with one attached hydrogen (secondary N) is 1. The molecule has 0 saturated carbocycles. The van der Waals surface area contributed by atoms with Gasteiger partial charge >= 0.3 is 0 Å². The van der Waals surface area contributed by atoms with Gasteiger partial charge in [-0.15, -0.1) is 0 Å².